The molecule has 7 heteroatoms. The molecule has 1 saturated heterocycles. The predicted molar refractivity (Wildman–Crippen MR) is 108 cm³/mol. The SMILES string of the molecule is CCNC(=NCCCc1ccc(Cl)cc1Cl)N1CC[C@@H](O)C1.I. The van der Waals surface area contributed by atoms with Gasteiger partial charge >= 0.3 is 0 Å². The second kappa shape index (κ2) is 10.6. The van der Waals surface area contributed by atoms with Crippen molar-refractivity contribution >= 4 is 53.1 Å². The van der Waals surface area contributed by atoms with Gasteiger partial charge in [0.05, 0.1) is 6.10 Å². The summed E-state index contributed by atoms with van der Waals surface area (Å²) < 4.78 is 0. The standard InChI is InChI=1S/C16H23Cl2N3O.HI/c1-2-19-16(21-9-7-14(22)11-21)20-8-3-4-12-5-6-13(17)10-15(12)18;/h5-6,10,14,22H,2-4,7-9,11H2,1H3,(H,19,20);1H/t14-;/m1./s1. The van der Waals surface area contributed by atoms with E-state index in [2.05, 4.69) is 22.1 Å². The molecule has 0 saturated carbocycles. The van der Waals surface area contributed by atoms with Crippen LogP contribution in [0.3, 0.4) is 0 Å². The van der Waals surface area contributed by atoms with Crippen LogP contribution in [-0.4, -0.2) is 48.2 Å². The zero-order valence-electron chi connectivity index (χ0n) is 13.3. The van der Waals surface area contributed by atoms with E-state index in [-0.39, 0.29) is 30.1 Å². The molecule has 0 radical (unpaired) electrons. The fourth-order valence-electron chi connectivity index (χ4n) is 2.54. The summed E-state index contributed by atoms with van der Waals surface area (Å²) in [6, 6.07) is 5.61. The summed E-state index contributed by atoms with van der Waals surface area (Å²) in [4.78, 5) is 6.76. The molecule has 1 aromatic carbocycles. The van der Waals surface area contributed by atoms with Gasteiger partial charge in [-0.25, -0.2) is 0 Å². The first-order chi connectivity index (χ1) is 10.6. The van der Waals surface area contributed by atoms with Gasteiger partial charge in [-0.15, -0.1) is 24.0 Å². The predicted octanol–water partition coefficient (Wildman–Crippen LogP) is 3.58. The number of aryl methyl sites for hydroxylation is 1. The van der Waals surface area contributed by atoms with Crippen molar-refractivity contribution < 1.29 is 5.11 Å². The second-order valence-corrected chi connectivity index (χ2v) is 6.31. The van der Waals surface area contributed by atoms with Crippen molar-refractivity contribution in [1.82, 2.24) is 10.2 Å². The summed E-state index contributed by atoms with van der Waals surface area (Å²) in [5.74, 6) is 0.890. The zero-order chi connectivity index (χ0) is 15.9. The fourth-order valence-corrected chi connectivity index (χ4v) is 3.04. The van der Waals surface area contributed by atoms with E-state index in [0.717, 1.165) is 50.4 Å². The average Bonchev–Trinajstić information content (AvgIpc) is 2.90. The van der Waals surface area contributed by atoms with E-state index in [9.17, 15) is 5.11 Å². The first-order valence-corrected chi connectivity index (χ1v) is 8.51. The zero-order valence-corrected chi connectivity index (χ0v) is 17.1. The van der Waals surface area contributed by atoms with Crippen LogP contribution in [0.25, 0.3) is 0 Å². The summed E-state index contributed by atoms with van der Waals surface area (Å²) in [6.07, 6.45) is 2.37. The molecule has 0 amide bonds. The van der Waals surface area contributed by atoms with Crippen molar-refractivity contribution in [2.45, 2.75) is 32.3 Å². The first-order valence-electron chi connectivity index (χ1n) is 7.75. The van der Waals surface area contributed by atoms with Gasteiger partial charge in [-0.1, -0.05) is 29.3 Å². The van der Waals surface area contributed by atoms with Crippen LogP contribution in [0.2, 0.25) is 10.0 Å². The van der Waals surface area contributed by atoms with E-state index < -0.39 is 0 Å². The van der Waals surface area contributed by atoms with Gasteiger partial charge in [0, 0.05) is 36.2 Å². The molecule has 0 spiro atoms. The second-order valence-electron chi connectivity index (χ2n) is 5.46. The Bertz CT molecular complexity index is 528. The molecule has 2 N–H and O–H groups in total. The van der Waals surface area contributed by atoms with Gasteiger partial charge in [-0.3, -0.25) is 4.99 Å². The Balaban J connectivity index is 0.00000264. The third kappa shape index (κ3) is 6.64. The number of benzene rings is 1. The largest absolute Gasteiger partial charge is 0.391 e. The quantitative estimate of drug-likeness (QED) is 0.298. The van der Waals surface area contributed by atoms with Crippen LogP contribution in [0.4, 0.5) is 0 Å². The number of rotatable bonds is 5. The van der Waals surface area contributed by atoms with Crippen molar-refractivity contribution in [1.29, 1.82) is 0 Å². The number of aliphatic hydroxyl groups excluding tert-OH is 1. The van der Waals surface area contributed by atoms with Gasteiger partial charge in [0.15, 0.2) is 5.96 Å². The van der Waals surface area contributed by atoms with Gasteiger partial charge in [0.25, 0.3) is 0 Å². The van der Waals surface area contributed by atoms with Crippen LogP contribution >= 0.6 is 47.2 Å². The summed E-state index contributed by atoms with van der Waals surface area (Å²) in [5.41, 5.74) is 1.10. The monoisotopic (exact) mass is 471 g/mol. The minimum Gasteiger partial charge on any atom is -0.391 e. The lowest BCUT2D eigenvalue weighted by Crippen LogP contribution is -2.40. The molecule has 1 aliphatic rings. The van der Waals surface area contributed by atoms with Crippen molar-refractivity contribution in [2.75, 3.05) is 26.2 Å². The van der Waals surface area contributed by atoms with E-state index >= 15 is 0 Å². The number of likely N-dealkylation sites (tertiary alicyclic amines) is 1. The molecule has 130 valence electrons. The molecule has 0 unspecified atom stereocenters. The number of guanidine groups is 1. The maximum absolute atomic E-state index is 9.64. The normalized spacial score (nSPS) is 18.0. The van der Waals surface area contributed by atoms with Gasteiger partial charge in [-0.2, -0.15) is 0 Å². The highest BCUT2D eigenvalue weighted by Crippen LogP contribution is 2.22. The van der Waals surface area contributed by atoms with Gasteiger partial charge in [0.2, 0.25) is 0 Å². The number of β-amino-alcohol motifs (C(OH)–C–C–N with tert-alkyl or cyclic N) is 1. The summed E-state index contributed by atoms with van der Waals surface area (Å²) >= 11 is 12.1. The Morgan fingerprint density at radius 3 is 2.83 bits per heavy atom. The lowest BCUT2D eigenvalue weighted by atomic mass is 10.1. The minimum absolute atomic E-state index is 0. The first kappa shape index (κ1) is 20.8. The van der Waals surface area contributed by atoms with Gasteiger partial charge < -0.3 is 15.3 Å². The molecule has 0 aliphatic carbocycles. The van der Waals surface area contributed by atoms with E-state index in [4.69, 9.17) is 23.2 Å². The number of hydrogen-bond donors (Lipinski definition) is 2. The number of nitrogens with zero attached hydrogens (tertiary/aromatic N) is 2. The Morgan fingerprint density at radius 2 is 2.22 bits per heavy atom. The third-order valence-electron chi connectivity index (χ3n) is 3.68. The lowest BCUT2D eigenvalue weighted by molar-refractivity contribution is 0.188. The van der Waals surface area contributed by atoms with Crippen LogP contribution in [0.5, 0.6) is 0 Å². The Labute approximate surface area is 165 Å². The Hall–Kier alpha value is -0.240. The molecule has 4 nitrogen and oxygen atoms in total. The van der Waals surface area contributed by atoms with E-state index in [1.165, 1.54) is 0 Å². The molecule has 2 rings (SSSR count). The number of hydrogen-bond acceptors (Lipinski definition) is 2. The third-order valence-corrected chi connectivity index (χ3v) is 4.27. The maximum Gasteiger partial charge on any atom is 0.194 e. The number of aliphatic imine (C=N–C) groups is 1. The molecule has 0 bridgehead atoms. The topological polar surface area (TPSA) is 47.9 Å². The Kier molecular flexibility index (Phi) is 9.58. The summed E-state index contributed by atoms with van der Waals surface area (Å²) in [6.45, 7) is 5.13. The highest BCUT2D eigenvalue weighted by Gasteiger charge is 2.22. The van der Waals surface area contributed by atoms with Crippen LogP contribution in [0.15, 0.2) is 23.2 Å². The van der Waals surface area contributed by atoms with E-state index in [1.807, 2.05) is 12.1 Å². The molecule has 1 aromatic rings. The molecule has 0 aromatic heterocycles. The highest BCUT2D eigenvalue weighted by atomic mass is 127. The molecule has 1 atom stereocenters. The summed E-state index contributed by atoms with van der Waals surface area (Å²) in [5, 5.41) is 14.3. The molecule has 1 heterocycles. The van der Waals surface area contributed by atoms with Crippen molar-refractivity contribution in [3.8, 4) is 0 Å². The summed E-state index contributed by atoms with van der Waals surface area (Å²) in [7, 11) is 0. The Morgan fingerprint density at radius 1 is 1.43 bits per heavy atom. The maximum atomic E-state index is 9.64. The average molecular weight is 472 g/mol. The molecular weight excluding hydrogens is 448 g/mol. The highest BCUT2D eigenvalue weighted by molar-refractivity contribution is 14.0. The minimum atomic E-state index is -0.239. The van der Waals surface area contributed by atoms with E-state index in [1.54, 1.807) is 6.07 Å². The van der Waals surface area contributed by atoms with Crippen LogP contribution < -0.4 is 5.32 Å². The van der Waals surface area contributed by atoms with Crippen LogP contribution in [0.1, 0.15) is 25.3 Å². The fraction of sp³-hybridized carbons (Fsp3) is 0.562. The van der Waals surface area contributed by atoms with E-state index in [0.29, 0.717) is 16.6 Å². The number of aliphatic hydroxyl groups is 1. The van der Waals surface area contributed by atoms with Gasteiger partial charge in [0.1, 0.15) is 0 Å². The van der Waals surface area contributed by atoms with Gasteiger partial charge in [-0.05, 0) is 43.9 Å². The number of halogens is 3. The number of nitrogens with one attached hydrogen (secondary N) is 1. The van der Waals surface area contributed by atoms with Crippen molar-refractivity contribution in [3.63, 3.8) is 0 Å². The lowest BCUT2D eigenvalue weighted by Gasteiger charge is -2.20. The van der Waals surface area contributed by atoms with Crippen molar-refractivity contribution in [2.24, 2.45) is 4.99 Å². The van der Waals surface area contributed by atoms with Crippen molar-refractivity contribution in [3.05, 3.63) is 33.8 Å². The molecular formula is C16H24Cl2IN3O. The van der Waals surface area contributed by atoms with Crippen LogP contribution in [-0.2, 0) is 6.42 Å². The molecule has 1 fully saturated rings. The van der Waals surface area contributed by atoms with Crippen LogP contribution in [0, 0.1) is 0 Å². The smallest absolute Gasteiger partial charge is 0.194 e. The molecule has 23 heavy (non-hydrogen) atoms. The molecule has 1 aliphatic heterocycles.